The van der Waals surface area contributed by atoms with Crippen molar-refractivity contribution >= 4 is 11.8 Å². The fourth-order valence-electron chi connectivity index (χ4n) is 3.16. The third-order valence-electron chi connectivity index (χ3n) is 4.54. The van der Waals surface area contributed by atoms with E-state index in [2.05, 4.69) is 14.9 Å². The number of hydrogen-bond acceptors (Lipinski definition) is 4. The molecule has 0 atom stereocenters. The maximum atomic E-state index is 13.5. The lowest BCUT2D eigenvalue weighted by Crippen LogP contribution is -2.35. The number of likely N-dealkylation sites (tertiary alicyclic amines) is 1. The number of nitrogens with zero attached hydrogens (tertiary/aromatic N) is 2. The van der Waals surface area contributed by atoms with Gasteiger partial charge in [-0.05, 0) is 44.7 Å². The zero-order valence-electron chi connectivity index (χ0n) is 12.7. The van der Waals surface area contributed by atoms with Crippen LogP contribution in [0.3, 0.4) is 0 Å². The number of aromatic nitrogens is 2. The van der Waals surface area contributed by atoms with Gasteiger partial charge < -0.3 is 4.98 Å². The Hall–Kier alpha value is -1.14. The minimum atomic E-state index is -0.0923. The molecule has 0 saturated carbocycles. The van der Waals surface area contributed by atoms with Gasteiger partial charge in [0.1, 0.15) is 11.5 Å². The summed E-state index contributed by atoms with van der Waals surface area (Å²) in [6.45, 7) is 2.61. The summed E-state index contributed by atoms with van der Waals surface area (Å²) in [4.78, 5) is 21.7. The molecule has 0 amide bonds. The Labute approximate surface area is 134 Å². The lowest BCUT2D eigenvalue weighted by molar-refractivity contribution is 0.170. The van der Waals surface area contributed by atoms with Gasteiger partial charge in [-0.25, -0.2) is 4.39 Å². The zero-order valence-corrected chi connectivity index (χ0v) is 13.5. The standard InChI is InChI=1S/C16H22FN3OS/c17-13-5-10-22-15(13)2-1-12-3-8-20(9-4-12)11-14-16(21)19-7-6-18-14/h6-7,12H,1-5,8-11H2,(H,19,21). The van der Waals surface area contributed by atoms with E-state index >= 15 is 0 Å². The van der Waals surface area contributed by atoms with E-state index in [1.54, 1.807) is 24.2 Å². The maximum absolute atomic E-state index is 13.5. The van der Waals surface area contributed by atoms with Crippen LogP contribution in [0.2, 0.25) is 0 Å². The molecule has 0 radical (unpaired) electrons. The van der Waals surface area contributed by atoms with Crippen LogP contribution in [-0.2, 0) is 6.54 Å². The number of H-pyrrole nitrogens is 1. The molecule has 3 rings (SSSR count). The Morgan fingerprint density at radius 2 is 2.23 bits per heavy atom. The highest BCUT2D eigenvalue weighted by Gasteiger charge is 2.22. The van der Waals surface area contributed by atoms with Gasteiger partial charge in [0.15, 0.2) is 0 Å². The number of aromatic amines is 1. The van der Waals surface area contributed by atoms with Gasteiger partial charge in [-0.1, -0.05) is 0 Å². The number of allylic oxidation sites excluding steroid dienone is 2. The van der Waals surface area contributed by atoms with Crippen molar-refractivity contribution in [3.8, 4) is 0 Å². The van der Waals surface area contributed by atoms with E-state index in [0.717, 1.165) is 49.4 Å². The highest BCUT2D eigenvalue weighted by atomic mass is 32.2. The van der Waals surface area contributed by atoms with Gasteiger partial charge in [0.25, 0.3) is 5.56 Å². The van der Waals surface area contributed by atoms with Crippen LogP contribution < -0.4 is 5.56 Å². The van der Waals surface area contributed by atoms with Crippen LogP contribution in [0.5, 0.6) is 0 Å². The lowest BCUT2D eigenvalue weighted by atomic mass is 9.92. The van der Waals surface area contributed by atoms with Crippen LogP contribution in [0.25, 0.3) is 0 Å². The monoisotopic (exact) mass is 323 g/mol. The average Bonchev–Trinajstić information content (AvgIpc) is 2.94. The number of piperidine rings is 1. The summed E-state index contributed by atoms with van der Waals surface area (Å²) in [5.41, 5.74) is 0.501. The Morgan fingerprint density at radius 1 is 1.41 bits per heavy atom. The number of thioether (sulfide) groups is 1. The third kappa shape index (κ3) is 3.98. The molecule has 0 spiro atoms. The van der Waals surface area contributed by atoms with Crippen LogP contribution in [0.1, 0.15) is 37.8 Å². The highest BCUT2D eigenvalue weighted by molar-refractivity contribution is 8.03. The second-order valence-electron chi connectivity index (χ2n) is 6.05. The molecular formula is C16H22FN3OS. The molecule has 3 heterocycles. The van der Waals surface area contributed by atoms with Crippen molar-refractivity contribution in [1.29, 1.82) is 0 Å². The fourth-order valence-corrected chi connectivity index (χ4v) is 4.21. The van der Waals surface area contributed by atoms with Crippen molar-refractivity contribution in [2.45, 2.75) is 38.6 Å². The molecule has 0 bridgehead atoms. The number of nitrogens with one attached hydrogen (secondary N) is 1. The summed E-state index contributed by atoms with van der Waals surface area (Å²) >= 11 is 1.69. The molecule has 0 aromatic carbocycles. The van der Waals surface area contributed by atoms with Crippen molar-refractivity contribution in [1.82, 2.24) is 14.9 Å². The summed E-state index contributed by atoms with van der Waals surface area (Å²) in [5, 5.41) is 0. The molecule has 1 saturated heterocycles. The molecule has 4 nitrogen and oxygen atoms in total. The van der Waals surface area contributed by atoms with Gasteiger partial charge in [0, 0.05) is 36.0 Å². The lowest BCUT2D eigenvalue weighted by Gasteiger charge is -2.31. The first kappa shape index (κ1) is 15.7. The molecule has 2 aliphatic heterocycles. The van der Waals surface area contributed by atoms with E-state index < -0.39 is 0 Å². The molecule has 6 heteroatoms. The normalized spacial score (nSPS) is 20.8. The summed E-state index contributed by atoms with van der Waals surface area (Å²) in [6, 6.07) is 0. The van der Waals surface area contributed by atoms with E-state index in [-0.39, 0.29) is 11.4 Å². The van der Waals surface area contributed by atoms with Crippen molar-refractivity contribution in [3.63, 3.8) is 0 Å². The molecular weight excluding hydrogens is 301 g/mol. The average molecular weight is 323 g/mol. The van der Waals surface area contributed by atoms with Crippen LogP contribution >= 0.6 is 11.8 Å². The van der Waals surface area contributed by atoms with Crippen LogP contribution in [0.15, 0.2) is 27.9 Å². The van der Waals surface area contributed by atoms with Gasteiger partial charge >= 0.3 is 0 Å². The molecule has 2 aliphatic rings. The molecule has 1 aromatic heterocycles. The van der Waals surface area contributed by atoms with Crippen molar-refractivity contribution in [3.05, 3.63) is 39.2 Å². The SMILES string of the molecule is O=c1[nH]ccnc1CN1CCC(CCC2=C(F)CCS2)CC1. The Kier molecular flexibility index (Phi) is 5.31. The molecule has 1 fully saturated rings. The Balaban J connectivity index is 1.44. The first-order valence-electron chi connectivity index (χ1n) is 7.97. The number of rotatable bonds is 5. The first-order valence-corrected chi connectivity index (χ1v) is 8.96. The minimum absolute atomic E-state index is 0.0923. The largest absolute Gasteiger partial charge is 0.326 e. The van der Waals surface area contributed by atoms with Gasteiger partial charge in [-0.15, -0.1) is 11.8 Å². The molecule has 1 N–H and O–H groups in total. The minimum Gasteiger partial charge on any atom is -0.326 e. The molecule has 22 heavy (non-hydrogen) atoms. The molecule has 0 aliphatic carbocycles. The van der Waals surface area contributed by atoms with Gasteiger partial charge in [-0.3, -0.25) is 14.7 Å². The number of hydrogen-bond donors (Lipinski definition) is 1. The van der Waals surface area contributed by atoms with Crippen molar-refractivity contribution in [2.75, 3.05) is 18.8 Å². The van der Waals surface area contributed by atoms with E-state index in [0.29, 0.717) is 24.6 Å². The van der Waals surface area contributed by atoms with Gasteiger partial charge in [0.05, 0.1) is 0 Å². The zero-order chi connectivity index (χ0) is 15.4. The molecule has 0 unspecified atom stereocenters. The third-order valence-corrected chi connectivity index (χ3v) is 5.72. The smallest absolute Gasteiger partial charge is 0.270 e. The van der Waals surface area contributed by atoms with E-state index in [4.69, 9.17) is 0 Å². The van der Waals surface area contributed by atoms with E-state index in [9.17, 15) is 9.18 Å². The maximum Gasteiger partial charge on any atom is 0.270 e. The van der Waals surface area contributed by atoms with Gasteiger partial charge in [0.2, 0.25) is 0 Å². The van der Waals surface area contributed by atoms with E-state index in [1.165, 1.54) is 0 Å². The van der Waals surface area contributed by atoms with Gasteiger partial charge in [-0.2, -0.15) is 0 Å². The predicted molar refractivity (Wildman–Crippen MR) is 87.3 cm³/mol. The van der Waals surface area contributed by atoms with Crippen molar-refractivity contribution < 1.29 is 4.39 Å². The quantitative estimate of drug-likeness (QED) is 0.905. The predicted octanol–water partition coefficient (Wildman–Crippen LogP) is 3.08. The summed E-state index contributed by atoms with van der Waals surface area (Å²) in [6.07, 6.45) is 8.07. The topological polar surface area (TPSA) is 49.0 Å². The van der Waals surface area contributed by atoms with Crippen LogP contribution in [0.4, 0.5) is 4.39 Å². The second kappa shape index (κ2) is 7.42. The first-order chi connectivity index (χ1) is 10.7. The van der Waals surface area contributed by atoms with Crippen molar-refractivity contribution in [2.24, 2.45) is 5.92 Å². The second-order valence-corrected chi connectivity index (χ2v) is 7.24. The summed E-state index contributed by atoms with van der Waals surface area (Å²) < 4.78 is 13.5. The fraction of sp³-hybridized carbons (Fsp3) is 0.625. The number of halogens is 1. The summed E-state index contributed by atoms with van der Waals surface area (Å²) in [5.74, 6) is 1.72. The molecule has 1 aromatic rings. The summed E-state index contributed by atoms with van der Waals surface area (Å²) in [7, 11) is 0. The van der Waals surface area contributed by atoms with E-state index in [1.807, 2.05) is 0 Å². The Bertz CT molecular complexity index is 593. The highest BCUT2D eigenvalue weighted by Crippen LogP contribution is 2.37. The Morgan fingerprint density at radius 3 is 2.91 bits per heavy atom. The molecule has 120 valence electrons. The van der Waals surface area contributed by atoms with Crippen LogP contribution in [0, 0.1) is 5.92 Å². The van der Waals surface area contributed by atoms with Crippen LogP contribution in [-0.4, -0.2) is 33.7 Å².